The standard InChI is InChI=1S/C21H14N4O2S/c22-10-16-18(14-4-2-1-3-5-14)17(11-23)20(25-19(16)24)28-12-13-6-8-15(9-7-13)21(26)27/h1-9H,12H2,(H2,24,25)(H,26,27). The fourth-order valence-electron chi connectivity index (χ4n) is 2.69. The SMILES string of the molecule is N#Cc1c(N)nc(SCc2ccc(C(=O)O)cc2)c(C#N)c1-c1ccccc1. The Kier molecular flexibility index (Phi) is 5.59. The first-order valence-electron chi connectivity index (χ1n) is 8.19. The van der Waals surface area contributed by atoms with Crippen molar-refractivity contribution < 1.29 is 9.90 Å². The third kappa shape index (κ3) is 3.80. The Balaban J connectivity index is 2.00. The summed E-state index contributed by atoms with van der Waals surface area (Å²) in [6.07, 6.45) is 0. The van der Waals surface area contributed by atoms with Crippen molar-refractivity contribution in [1.29, 1.82) is 10.5 Å². The Morgan fingerprint density at radius 2 is 1.68 bits per heavy atom. The van der Waals surface area contributed by atoms with Gasteiger partial charge in [-0.1, -0.05) is 42.5 Å². The molecule has 1 heterocycles. The minimum atomic E-state index is -0.986. The molecule has 0 unspecified atom stereocenters. The van der Waals surface area contributed by atoms with Gasteiger partial charge in [0.1, 0.15) is 28.5 Å². The molecule has 6 nitrogen and oxygen atoms in total. The summed E-state index contributed by atoms with van der Waals surface area (Å²) in [5, 5.41) is 28.7. The smallest absolute Gasteiger partial charge is 0.335 e. The van der Waals surface area contributed by atoms with Gasteiger partial charge in [0, 0.05) is 11.3 Å². The van der Waals surface area contributed by atoms with Crippen LogP contribution in [0.3, 0.4) is 0 Å². The first kappa shape index (κ1) is 19.0. The van der Waals surface area contributed by atoms with Gasteiger partial charge in [-0.05, 0) is 23.3 Å². The molecular formula is C21H14N4O2S. The summed E-state index contributed by atoms with van der Waals surface area (Å²) in [6.45, 7) is 0. The predicted octanol–water partition coefficient (Wildman–Crippen LogP) is 4.06. The van der Waals surface area contributed by atoms with E-state index in [1.807, 2.05) is 30.3 Å². The van der Waals surface area contributed by atoms with Crippen LogP contribution in [0.2, 0.25) is 0 Å². The van der Waals surface area contributed by atoms with Crippen LogP contribution in [0.15, 0.2) is 59.6 Å². The maximum absolute atomic E-state index is 11.0. The molecule has 0 aliphatic rings. The van der Waals surface area contributed by atoms with Gasteiger partial charge >= 0.3 is 5.97 Å². The number of pyridine rings is 1. The van der Waals surface area contributed by atoms with Crippen molar-refractivity contribution in [2.24, 2.45) is 0 Å². The van der Waals surface area contributed by atoms with Gasteiger partial charge in [0.25, 0.3) is 0 Å². The van der Waals surface area contributed by atoms with Crippen molar-refractivity contribution in [1.82, 2.24) is 4.98 Å². The molecule has 0 aliphatic carbocycles. The molecule has 0 fully saturated rings. The fraction of sp³-hybridized carbons (Fsp3) is 0.0476. The van der Waals surface area contributed by atoms with Gasteiger partial charge in [-0.2, -0.15) is 10.5 Å². The third-order valence-electron chi connectivity index (χ3n) is 4.05. The largest absolute Gasteiger partial charge is 0.478 e. The molecule has 0 saturated heterocycles. The minimum absolute atomic E-state index is 0.0732. The van der Waals surface area contributed by atoms with Crippen LogP contribution in [-0.2, 0) is 5.75 Å². The molecule has 0 aliphatic heterocycles. The second-order valence-corrected chi connectivity index (χ2v) is 6.77. The van der Waals surface area contributed by atoms with Gasteiger partial charge in [0.2, 0.25) is 0 Å². The lowest BCUT2D eigenvalue weighted by atomic mass is 9.97. The normalized spacial score (nSPS) is 10.1. The molecule has 1 aromatic heterocycles. The number of nitriles is 2. The summed E-state index contributed by atoms with van der Waals surface area (Å²) in [5.41, 5.74) is 8.75. The number of nitrogens with two attached hydrogens (primary N) is 1. The van der Waals surface area contributed by atoms with E-state index >= 15 is 0 Å². The zero-order valence-electron chi connectivity index (χ0n) is 14.6. The number of carbonyl (C=O) groups is 1. The number of carboxylic acid groups (broad SMARTS) is 1. The van der Waals surface area contributed by atoms with E-state index in [0.29, 0.717) is 21.9 Å². The number of rotatable bonds is 5. The van der Waals surface area contributed by atoms with Gasteiger partial charge in [-0.25, -0.2) is 9.78 Å². The number of aromatic carboxylic acids is 1. The zero-order chi connectivity index (χ0) is 20.1. The quantitative estimate of drug-likeness (QED) is 0.633. The van der Waals surface area contributed by atoms with E-state index in [1.165, 1.54) is 23.9 Å². The van der Waals surface area contributed by atoms with Gasteiger partial charge in [0.05, 0.1) is 11.1 Å². The highest BCUT2D eigenvalue weighted by Crippen LogP contribution is 2.36. The number of hydrogen-bond donors (Lipinski definition) is 2. The highest BCUT2D eigenvalue weighted by atomic mass is 32.2. The highest BCUT2D eigenvalue weighted by Gasteiger charge is 2.20. The Hall–Kier alpha value is -3.81. The maximum atomic E-state index is 11.0. The average molecular weight is 386 g/mol. The van der Waals surface area contributed by atoms with E-state index < -0.39 is 5.97 Å². The third-order valence-corrected chi connectivity index (χ3v) is 5.10. The fourth-order valence-corrected chi connectivity index (χ4v) is 3.64. The van der Waals surface area contributed by atoms with Crippen LogP contribution in [0.5, 0.6) is 0 Å². The maximum Gasteiger partial charge on any atom is 0.335 e. The molecular weight excluding hydrogens is 372 g/mol. The monoisotopic (exact) mass is 386 g/mol. The van der Waals surface area contributed by atoms with Gasteiger partial charge in [0.15, 0.2) is 0 Å². The van der Waals surface area contributed by atoms with Crippen LogP contribution in [0, 0.1) is 22.7 Å². The van der Waals surface area contributed by atoms with E-state index in [0.717, 1.165) is 11.1 Å². The van der Waals surface area contributed by atoms with Crippen molar-refractivity contribution in [2.75, 3.05) is 5.73 Å². The van der Waals surface area contributed by atoms with Crippen molar-refractivity contribution in [2.45, 2.75) is 10.8 Å². The molecule has 3 rings (SSSR count). The van der Waals surface area contributed by atoms with Crippen molar-refractivity contribution in [3.63, 3.8) is 0 Å². The number of carboxylic acids is 1. The summed E-state index contributed by atoms with van der Waals surface area (Å²) < 4.78 is 0. The van der Waals surface area contributed by atoms with E-state index in [-0.39, 0.29) is 16.9 Å². The molecule has 0 atom stereocenters. The summed E-state index contributed by atoms with van der Waals surface area (Å²) in [5.74, 6) is -0.440. The average Bonchev–Trinajstić information content (AvgIpc) is 2.72. The summed E-state index contributed by atoms with van der Waals surface area (Å²) in [7, 11) is 0. The number of nitrogen functional groups attached to an aromatic ring is 1. The summed E-state index contributed by atoms with van der Waals surface area (Å²) >= 11 is 1.31. The van der Waals surface area contributed by atoms with E-state index in [9.17, 15) is 15.3 Å². The lowest BCUT2D eigenvalue weighted by Gasteiger charge is -2.13. The number of aromatic nitrogens is 1. The molecule has 0 saturated carbocycles. The molecule has 7 heteroatoms. The molecule has 0 bridgehead atoms. The first-order chi connectivity index (χ1) is 13.5. The van der Waals surface area contributed by atoms with Crippen LogP contribution in [0.25, 0.3) is 11.1 Å². The Bertz CT molecular complexity index is 1110. The molecule has 0 spiro atoms. The van der Waals surface area contributed by atoms with Crippen molar-refractivity contribution >= 4 is 23.5 Å². The van der Waals surface area contributed by atoms with Gasteiger partial charge < -0.3 is 10.8 Å². The Morgan fingerprint density at radius 3 is 2.25 bits per heavy atom. The van der Waals surface area contributed by atoms with E-state index in [1.54, 1.807) is 12.1 Å². The van der Waals surface area contributed by atoms with Crippen LogP contribution in [-0.4, -0.2) is 16.1 Å². The topological polar surface area (TPSA) is 124 Å². The van der Waals surface area contributed by atoms with Crippen LogP contribution in [0.1, 0.15) is 27.0 Å². The number of nitrogens with zero attached hydrogens (tertiary/aromatic N) is 3. The second-order valence-electron chi connectivity index (χ2n) is 5.81. The number of hydrogen-bond acceptors (Lipinski definition) is 6. The molecule has 2 aromatic carbocycles. The van der Waals surface area contributed by atoms with E-state index in [2.05, 4.69) is 17.1 Å². The van der Waals surface area contributed by atoms with Crippen LogP contribution in [0.4, 0.5) is 5.82 Å². The van der Waals surface area contributed by atoms with Gasteiger partial charge in [-0.3, -0.25) is 0 Å². The number of anilines is 1. The molecule has 136 valence electrons. The minimum Gasteiger partial charge on any atom is -0.478 e. The molecule has 3 N–H and O–H groups in total. The van der Waals surface area contributed by atoms with Crippen molar-refractivity contribution in [3.8, 4) is 23.3 Å². The summed E-state index contributed by atoms with van der Waals surface area (Å²) in [4.78, 5) is 15.2. The summed E-state index contributed by atoms with van der Waals surface area (Å²) in [6, 6.07) is 19.8. The van der Waals surface area contributed by atoms with Gasteiger partial charge in [-0.15, -0.1) is 11.8 Å². The molecule has 0 amide bonds. The van der Waals surface area contributed by atoms with E-state index in [4.69, 9.17) is 10.8 Å². The number of thioether (sulfide) groups is 1. The first-order valence-corrected chi connectivity index (χ1v) is 9.17. The Morgan fingerprint density at radius 1 is 1.04 bits per heavy atom. The molecule has 0 radical (unpaired) electrons. The van der Waals surface area contributed by atoms with Crippen LogP contribution < -0.4 is 5.73 Å². The molecule has 3 aromatic rings. The molecule has 28 heavy (non-hydrogen) atoms. The van der Waals surface area contributed by atoms with Crippen molar-refractivity contribution in [3.05, 3.63) is 76.9 Å². The number of benzene rings is 2. The highest BCUT2D eigenvalue weighted by molar-refractivity contribution is 7.98. The second kappa shape index (κ2) is 8.26. The Labute approximate surface area is 165 Å². The lowest BCUT2D eigenvalue weighted by molar-refractivity contribution is 0.0697. The van der Waals surface area contributed by atoms with Crippen LogP contribution >= 0.6 is 11.8 Å². The lowest BCUT2D eigenvalue weighted by Crippen LogP contribution is -2.03. The predicted molar refractivity (Wildman–Crippen MR) is 106 cm³/mol. The zero-order valence-corrected chi connectivity index (χ0v) is 15.4.